The van der Waals surface area contributed by atoms with Crippen molar-refractivity contribution in [2.75, 3.05) is 6.54 Å². The van der Waals surface area contributed by atoms with Gasteiger partial charge in [0.05, 0.1) is 4.92 Å². The zero-order valence-electron chi connectivity index (χ0n) is 15.7. The molecular formula is C21H17N3O5S. The zero-order chi connectivity index (χ0) is 21.7. The van der Waals surface area contributed by atoms with E-state index in [4.69, 9.17) is 17.0 Å². The van der Waals surface area contributed by atoms with Crippen molar-refractivity contribution in [1.29, 1.82) is 0 Å². The number of nitro benzene ring substituents is 1. The average Bonchev–Trinajstić information content (AvgIpc) is 2.73. The summed E-state index contributed by atoms with van der Waals surface area (Å²) in [5.74, 6) is -1.19. The van der Waals surface area contributed by atoms with Crippen LogP contribution in [0.1, 0.15) is 11.1 Å². The average molecular weight is 423 g/mol. The molecule has 0 aromatic heterocycles. The van der Waals surface area contributed by atoms with Crippen LogP contribution in [0.4, 0.5) is 5.69 Å². The highest BCUT2D eigenvalue weighted by Gasteiger charge is 2.32. The molecule has 0 saturated carbocycles. The number of ether oxygens (including phenoxy) is 1. The van der Waals surface area contributed by atoms with Gasteiger partial charge in [-0.05, 0) is 35.5 Å². The van der Waals surface area contributed by atoms with E-state index in [2.05, 4.69) is 11.9 Å². The van der Waals surface area contributed by atoms with Crippen molar-refractivity contribution in [3.8, 4) is 5.75 Å². The van der Waals surface area contributed by atoms with E-state index in [1.165, 1.54) is 35.3 Å². The van der Waals surface area contributed by atoms with Crippen LogP contribution in [-0.2, 0) is 16.2 Å². The van der Waals surface area contributed by atoms with Gasteiger partial charge in [0.25, 0.3) is 11.8 Å². The predicted octanol–water partition coefficient (Wildman–Crippen LogP) is 2.99. The van der Waals surface area contributed by atoms with Crippen molar-refractivity contribution in [1.82, 2.24) is 10.2 Å². The maximum Gasteiger partial charge on any atom is 0.311 e. The van der Waals surface area contributed by atoms with Crippen molar-refractivity contribution in [3.63, 3.8) is 0 Å². The number of nitro groups is 1. The molecule has 1 aliphatic heterocycles. The van der Waals surface area contributed by atoms with Gasteiger partial charge in [-0.2, -0.15) is 0 Å². The van der Waals surface area contributed by atoms with Gasteiger partial charge >= 0.3 is 5.69 Å². The molecule has 1 saturated heterocycles. The molecule has 3 rings (SSSR count). The van der Waals surface area contributed by atoms with Crippen LogP contribution in [0.15, 0.2) is 66.8 Å². The van der Waals surface area contributed by atoms with E-state index in [1.807, 2.05) is 30.3 Å². The van der Waals surface area contributed by atoms with Crippen LogP contribution in [0.3, 0.4) is 0 Å². The second-order valence-corrected chi connectivity index (χ2v) is 6.67. The number of thiocarbonyl (C=S) groups is 1. The minimum Gasteiger partial charge on any atom is -0.482 e. The summed E-state index contributed by atoms with van der Waals surface area (Å²) in [7, 11) is 0. The number of nitrogens with zero attached hydrogens (tertiary/aromatic N) is 2. The first-order valence-corrected chi connectivity index (χ1v) is 9.26. The van der Waals surface area contributed by atoms with Gasteiger partial charge < -0.3 is 4.74 Å². The summed E-state index contributed by atoms with van der Waals surface area (Å²) in [6.45, 7) is 3.85. The molecule has 2 amide bonds. The van der Waals surface area contributed by atoms with Crippen molar-refractivity contribution < 1.29 is 19.2 Å². The maximum absolute atomic E-state index is 12.6. The maximum atomic E-state index is 12.6. The fourth-order valence-corrected chi connectivity index (χ4v) is 3.03. The molecule has 8 nitrogen and oxygen atoms in total. The Morgan fingerprint density at radius 2 is 1.93 bits per heavy atom. The third kappa shape index (κ3) is 4.58. The largest absolute Gasteiger partial charge is 0.482 e. The molecule has 0 spiro atoms. The van der Waals surface area contributed by atoms with Gasteiger partial charge in [-0.1, -0.05) is 42.5 Å². The van der Waals surface area contributed by atoms with Gasteiger partial charge in [0.2, 0.25) is 0 Å². The SMILES string of the molecule is C=CCN1C(=O)/C(=C/c2ccc(OCc3ccccc3)c([N+](=O)[O-])c2)C(=O)NC1=S. The summed E-state index contributed by atoms with van der Waals surface area (Å²) in [6.07, 6.45) is 2.76. The number of carbonyl (C=O) groups is 2. The Morgan fingerprint density at radius 1 is 1.20 bits per heavy atom. The lowest BCUT2D eigenvalue weighted by atomic mass is 10.1. The van der Waals surface area contributed by atoms with Gasteiger partial charge in [-0.25, -0.2) is 0 Å². The number of nitrogens with one attached hydrogen (secondary N) is 1. The normalized spacial score (nSPS) is 15.1. The molecule has 1 heterocycles. The molecule has 0 aliphatic carbocycles. The second-order valence-electron chi connectivity index (χ2n) is 6.28. The van der Waals surface area contributed by atoms with Crippen molar-refractivity contribution in [2.45, 2.75) is 6.61 Å². The fourth-order valence-electron chi connectivity index (χ4n) is 2.78. The fraction of sp³-hybridized carbons (Fsp3) is 0.0952. The lowest BCUT2D eigenvalue weighted by Gasteiger charge is -2.27. The Balaban J connectivity index is 1.89. The van der Waals surface area contributed by atoms with E-state index in [-0.39, 0.29) is 35.3 Å². The molecule has 1 N–H and O–H groups in total. The Kier molecular flexibility index (Phi) is 6.33. The lowest BCUT2D eigenvalue weighted by Crippen LogP contribution is -2.53. The smallest absolute Gasteiger partial charge is 0.311 e. The predicted molar refractivity (Wildman–Crippen MR) is 114 cm³/mol. The molecule has 152 valence electrons. The molecular weight excluding hydrogens is 406 g/mol. The first-order chi connectivity index (χ1) is 14.4. The topological polar surface area (TPSA) is 102 Å². The summed E-state index contributed by atoms with van der Waals surface area (Å²) in [4.78, 5) is 36.9. The van der Waals surface area contributed by atoms with Crippen LogP contribution in [0, 0.1) is 10.1 Å². The number of carbonyl (C=O) groups excluding carboxylic acids is 2. The quantitative estimate of drug-likeness (QED) is 0.183. The Labute approximate surface area is 177 Å². The minimum absolute atomic E-state index is 0.0160. The van der Waals surface area contributed by atoms with Crippen molar-refractivity contribution in [3.05, 3.63) is 88.0 Å². The highest BCUT2D eigenvalue weighted by Crippen LogP contribution is 2.30. The van der Waals surface area contributed by atoms with E-state index in [9.17, 15) is 19.7 Å². The van der Waals surface area contributed by atoms with Gasteiger partial charge in [0, 0.05) is 12.6 Å². The molecule has 0 bridgehead atoms. The zero-order valence-corrected chi connectivity index (χ0v) is 16.6. The summed E-state index contributed by atoms with van der Waals surface area (Å²) < 4.78 is 5.59. The second kappa shape index (κ2) is 9.10. The number of benzene rings is 2. The van der Waals surface area contributed by atoms with Crippen LogP contribution in [0.2, 0.25) is 0 Å². The van der Waals surface area contributed by atoms with Crippen LogP contribution >= 0.6 is 12.2 Å². The van der Waals surface area contributed by atoms with E-state index in [1.54, 1.807) is 0 Å². The molecule has 1 aliphatic rings. The third-order valence-corrected chi connectivity index (χ3v) is 4.55. The number of rotatable bonds is 7. The molecule has 0 unspecified atom stereocenters. The molecule has 0 atom stereocenters. The highest BCUT2D eigenvalue weighted by atomic mass is 32.1. The van der Waals surface area contributed by atoms with Crippen LogP contribution in [-0.4, -0.2) is 33.3 Å². The summed E-state index contributed by atoms with van der Waals surface area (Å²) in [5, 5.41) is 13.9. The number of amides is 2. The number of hydrogen-bond acceptors (Lipinski definition) is 6. The molecule has 2 aromatic carbocycles. The number of hydrogen-bond donors (Lipinski definition) is 1. The first-order valence-electron chi connectivity index (χ1n) is 8.85. The van der Waals surface area contributed by atoms with E-state index in [0.29, 0.717) is 5.56 Å². The minimum atomic E-state index is -0.669. The standard InChI is InChI=1S/C21H17N3O5S/c1-2-10-23-20(26)16(19(25)22-21(23)30)11-15-8-9-18(17(12-15)24(27)28)29-13-14-6-4-3-5-7-14/h2-9,11-12H,1,10,13H2,(H,22,25,30)/b16-11+. The van der Waals surface area contributed by atoms with Crippen molar-refractivity contribution >= 4 is 40.9 Å². The molecule has 1 fully saturated rings. The van der Waals surface area contributed by atoms with Gasteiger partial charge in [-0.3, -0.25) is 29.9 Å². The summed E-state index contributed by atoms with van der Waals surface area (Å²) in [6, 6.07) is 13.5. The Hall–Kier alpha value is -3.85. The highest BCUT2D eigenvalue weighted by molar-refractivity contribution is 7.80. The van der Waals surface area contributed by atoms with Gasteiger partial charge in [-0.15, -0.1) is 6.58 Å². The Bertz CT molecular complexity index is 1070. The summed E-state index contributed by atoms with van der Waals surface area (Å²) in [5.41, 5.74) is 0.708. The van der Waals surface area contributed by atoms with E-state index < -0.39 is 16.7 Å². The van der Waals surface area contributed by atoms with Crippen molar-refractivity contribution in [2.24, 2.45) is 0 Å². The van der Waals surface area contributed by atoms with E-state index >= 15 is 0 Å². The van der Waals surface area contributed by atoms with Gasteiger partial charge in [0.1, 0.15) is 12.2 Å². The molecule has 0 radical (unpaired) electrons. The monoisotopic (exact) mass is 423 g/mol. The summed E-state index contributed by atoms with van der Waals surface area (Å²) >= 11 is 5.00. The van der Waals surface area contributed by atoms with Crippen LogP contribution in [0.5, 0.6) is 5.75 Å². The lowest BCUT2D eigenvalue weighted by molar-refractivity contribution is -0.386. The molecule has 30 heavy (non-hydrogen) atoms. The molecule has 9 heteroatoms. The first kappa shape index (κ1) is 20.9. The van der Waals surface area contributed by atoms with Crippen LogP contribution < -0.4 is 10.1 Å². The van der Waals surface area contributed by atoms with E-state index in [0.717, 1.165) is 5.56 Å². The van der Waals surface area contributed by atoms with Crippen LogP contribution in [0.25, 0.3) is 6.08 Å². The Morgan fingerprint density at radius 3 is 2.60 bits per heavy atom. The molecule has 2 aromatic rings. The third-order valence-electron chi connectivity index (χ3n) is 4.23. The van der Waals surface area contributed by atoms with Gasteiger partial charge in [0.15, 0.2) is 10.9 Å².